The number of hydrazine groups is 1. The van der Waals surface area contributed by atoms with Crippen molar-refractivity contribution in [2.24, 2.45) is 34.2 Å². The van der Waals surface area contributed by atoms with E-state index in [1.54, 1.807) is 0 Å². The van der Waals surface area contributed by atoms with Gasteiger partial charge < -0.3 is 21.5 Å². The summed E-state index contributed by atoms with van der Waals surface area (Å²) in [7, 11) is 8.69. The second kappa shape index (κ2) is 8.32. The number of carbonyl (C=O) groups excluding carboxylic acids is 2. The molecule has 1 saturated carbocycles. The van der Waals surface area contributed by atoms with Crippen LogP contribution in [-0.4, -0.2) is 50.8 Å². The van der Waals surface area contributed by atoms with Gasteiger partial charge in [-0.2, -0.15) is 5.10 Å². The van der Waals surface area contributed by atoms with E-state index in [2.05, 4.69) is 23.2 Å². The minimum Gasteiger partial charge on any atom is -0.465 e. The Hall–Kier alpha value is -1.74. The number of esters is 1. The van der Waals surface area contributed by atoms with Gasteiger partial charge in [-0.05, 0) is 42.9 Å². The largest absolute Gasteiger partial charge is 0.465 e. The molecule has 0 aromatic carbocycles. The molecule has 0 bridgehead atoms. The number of nitrogens with two attached hydrogens (primary N) is 3. The predicted octanol–water partition coefficient (Wildman–Crippen LogP) is -1.21. The predicted molar refractivity (Wildman–Crippen MR) is 107 cm³/mol. The molecule has 1 spiro atoms. The van der Waals surface area contributed by atoms with Gasteiger partial charge in [0.25, 0.3) is 0 Å². The average molecular weight is 387 g/mol. The molecular formula is C17H29B2N6O3. The standard InChI is InChI=1S/C17H29B2N6O3/c18-17-16(19-17)6-5-10(3-4-13(20)24-25-22)8-11(16)9-12(23-17)15(27)28-7-1-2-14(21)26/h10-12,23,25H,1-9,22H2,(H2,20,24)(H2,21,26). The van der Waals surface area contributed by atoms with Crippen LogP contribution >= 0.6 is 0 Å². The molecule has 151 valence electrons. The summed E-state index contributed by atoms with van der Waals surface area (Å²) < 4.78 is 5.32. The fourth-order valence-electron chi connectivity index (χ4n) is 5.02. The summed E-state index contributed by atoms with van der Waals surface area (Å²) in [6, 6.07) is -0.428. The van der Waals surface area contributed by atoms with E-state index < -0.39 is 17.3 Å². The van der Waals surface area contributed by atoms with Crippen LogP contribution in [0.5, 0.6) is 0 Å². The van der Waals surface area contributed by atoms with Crippen LogP contribution in [0.15, 0.2) is 5.10 Å². The SMILES string of the molecule is [B]C12[B]C13CCC(CC/C(N)=N/NN)CC3CC(C(=O)OCCCC(N)=O)N2. The number of rotatable bonds is 9. The maximum absolute atomic E-state index is 12.5. The van der Waals surface area contributed by atoms with Crippen LogP contribution in [0.1, 0.15) is 51.4 Å². The van der Waals surface area contributed by atoms with Crippen molar-refractivity contribution in [2.45, 2.75) is 68.1 Å². The first kappa shape index (κ1) is 21.0. The Bertz CT molecular complexity index is 650. The topological polar surface area (TPSA) is 158 Å². The van der Waals surface area contributed by atoms with Gasteiger partial charge in [-0.1, -0.05) is 18.2 Å². The van der Waals surface area contributed by atoms with Crippen LogP contribution in [-0.2, 0) is 14.3 Å². The molecule has 2 aliphatic heterocycles. The van der Waals surface area contributed by atoms with Gasteiger partial charge in [-0.25, -0.2) is 11.4 Å². The summed E-state index contributed by atoms with van der Waals surface area (Å²) in [5.74, 6) is 5.80. The van der Waals surface area contributed by atoms with Crippen molar-refractivity contribution < 1.29 is 14.3 Å². The van der Waals surface area contributed by atoms with Crippen molar-refractivity contribution in [3.05, 3.63) is 0 Å². The van der Waals surface area contributed by atoms with E-state index in [-0.39, 0.29) is 24.3 Å². The summed E-state index contributed by atoms with van der Waals surface area (Å²) in [6.45, 7) is 0.188. The van der Waals surface area contributed by atoms with Gasteiger partial charge in [0.05, 0.1) is 14.5 Å². The number of nitrogens with zero attached hydrogens (tertiary/aromatic N) is 1. The first-order valence-electron chi connectivity index (χ1n) is 9.96. The Morgan fingerprint density at radius 2 is 2.11 bits per heavy atom. The van der Waals surface area contributed by atoms with Crippen molar-refractivity contribution in [1.82, 2.24) is 10.9 Å². The van der Waals surface area contributed by atoms with E-state index in [1.165, 1.54) is 0 Å². The molecule has 3 rings (SSSR count). The van der Waals surface area contributed by atoms with E-state index in [0.29, 0.717) is 36.9 Å². The molecule has 3 radical (unpaired) electrons. The summed E-state index contributed by atoms with van der Waals surface area (Å²) in [5, 5.41) is 6.47. The molecule has 9 nitrogen and oxygen atoms in total. The summed E-state index contributed by atoms with van der Waals surface area (Å²) in [4.78, 5) is 23.2. The summed E-state index contributed by atoms with van der Waals surface area (Å²) >= 11 is 0. The molecule has 2 heterocycles. The van der Waals surface area contributed by atoms with Gasteiger partial charge >= 0.3 is 5.97 Å². The van der Waals surface area contributed by atoms with Crippen molar-refractivity contribution in [2.75, 3.05) is 6.61 Å². The third kappa shape index (κ3) is 4.30. The molecule has 0 aromatic rings. The molecule has 11 heteroatoms. The Morgan fingerprint density at radius 3 is 2.82 bits per heavy atom. The molecule has 5 unspecified atom stereocenters. The minimum absolute atomic E-state index is 0.0231. The molecule has 3 fully saturated rings. The zero-order valence-corrected chi connectivity index (χ0v) is 16.2. The lowest BCUT2D eigenvalue weighted by molar-refractivity contribution is -0.148. The highest BCUT2D eigenvalue weighted by Gasteiger charge is 2.71. The lowest BCUT2D eigenvalue weighted by Crippen LogP contribution is -2.55. The van der Waals surface area contributed by atoms with Gasteiger partial charge in [0.15, 0.2) is 0 Å². The van der Waals surface area contributed by atoms with Crippen LogP contribution in [0.25, 0.3) is 0 Å². The second-order valence-electron chi connectivity index (χ2n) is 8.33. The Balaban J connectivity index is 1.53. The van der Waals surface area contributed by atoms with Crippen LogP contribution in [0.3, 0.4) is 0 Å². The number of nitrogens with one attached hydrogen (secondary N) is 2. The van der Waals surface area contributed by atoms with Gasteiger partial charge in [-0.3, -0.25) is 9.59 Å². The third-order valence-corrected chi connectivity index (χ3v) is 6.53. The third-order valence-electron chi connectivity index (χ3n) is 6.53. The van der Waals surface area contributed by atoms with Crippen LogP contribution < -0.4 is 28.2 Å². The van der Waals surface area contributed by atoms with Crippen LogP contribution in [0, 0.1) is 11.8 Å². The number of ether oxygens (including phenoxy) is 1. The van der Waals surface area contributed by atoms with Crippen molar-refractivity contribution in [3.8, 4) is 0 Å². The molecular weight excluding hydrogens is 358 g/mol. The van der Waals surface area contributed by atoms with E-state index >= 15 is 0 Å². The number of hydrogen-bond donors (Lipinski definition) is 5. The number of carbonyl (C=O) groups is 2. The summed E-state index contributed by atoms with van der Waals surface area (Å²) in [5.41, 5.74) is 13.1. The first-order valence-corrected chi connectivity index (χ1v) is 9.96. The van der Waals surface area contributed by atoms with Gasteiger partial charge in [0.2, 0.25) is 5.91 Å². The van der Waals surface area contributed by atoms with Gasteiger partial charge in [0, 0.05) is 12.8 Å². The number of amidine groups is 1. The Morgan fingerprint density at radius 1 is 1.32 bits per heavy atom. The highest BCUT2D eigenvalue weighted by Crippen LogP contribution is 2.69. The quantitative estimate of drug-likeness (QED) is 0.0632. The average Bonchev–Trinajstić information content (AvgIpc) is 3.26. The number of primary amides is 1. The van der Waals surface area contributed by atoms with Crippen molar-refractivity contribution in [1.29, 1.82) is 0 Å². The number of hydrogen-bond acceptors (Lipinski definition) is 7. The van der Waals surface area contributed by atoms with E-state index in [9.17, 15) is 9.59 Å². The molecule has 3 aliphatic rings. The van der Waals surface area contributed by atoms with Gasteiger partial charge in [-0.15, -0.1) is 0 Å². The first-order chi connectivity index (χ1) is 13.3. The van der Waals surface area contributed by atoms with Crippen molar-refractivity contribution >= 4 is 32.8 Å². The smallest absolute Gasteiger partial charge is 0.323 e. The maximum Gasteiger partial charge on any atom is 0.323 e. The number of piperidine rings is 1. The normalized spacial score (nSPS) is 36.5. The molecule has 8 N–H and O–H groups in total. The molecule has 0 aromatic heterocycles. The lowest BCUT2D eigenvalue weighted by Gasteiger charge is -2.47. The fraction of sp³-hybridized carbons (Fsp3) is 0.824. The fourth-order valence-corrected chi connectivity index (χ4v) is 5.02. The molecule has 28 heavy (non-hydrogen) atoms. The molecule has 1 amide bonds. The van der Waals surface area contributed by atoms with Crippen LogP contribution in [0.4, 0.5) is 0 Å². The van der Waals surface area contributed by atoms with Gasteiger partial charge in [0.1, 0.15) is 19.2 Å². The van der Waals surface area contributed by atoms with E-state index in [1.807, 2.05) is 0 Å². The second-order valence-corrected chi connectivity index (χ2v) is 8.33. The highest BCUT2D eigenvalue weighted by atomic mass is 16.5. The zero-order chi connectivity index (χ0) is 20.4. The lowest BCUT2D eigenvalue weighted by atomic mass is 9.60. The zero-order valence-electron chi connectivity index (χ0n) is 16.2. The Labute approximate surface area is 167 Å². The highest BCUT2D eigenvalue weighted by molar-refractivity contribution is 6.72. The molecule has 2 saturated heterocycles. The van der Waals surface area contributed by atoms with E-state index in [4.69, 9.17) is 29.9 Å². The minimum atomic E-state index is -0.595. The number of hydrazone groups is 1. The monoisotopic (exact) mass is 387 g/mol. The van der Waals surface area contributed by atoms with Crippen LogP contribution in [0.2, 0.25) is 5.31 Å². The molecule has 1 aliphatic carbocycles. The molecule has 5 atom stereocenters. The van der Waals surface area contributed by atoms with Crippen molar-refractivity contribution in [3.63, 3.8) is 0 Å². The number of amides is 1. The van der Waals surface area contributed by atoms with E-state index in [0.717, 1.165) is 25.7 Å². The maximum atomic E-state index is 12.5. The Kier molecular flexibility index (Phi) is 6.24. The summed E-state index contributed by atoms with van der Waals surface area (Å²) in [6.07, 6.45) is 6.08.